The van der Waals surface area contributed by atoms with Crippen molar-refractivity contribution in [2.75, 3.05) is 0 Å². The number of benzene rings is 1. The predicted molar refractivity (Wildman–Crippen MR) is 86.3 cm³/mol. The fourth-order valence-electron chi connectivity index (χ4n) is 2.22. The van der Waals surface area contributed by atoms with Gasteiger partial charge in [-0.05, 0) is 26.0 Å². The summed E-state index contributed by atoms with van der Waals surface area (Å²) in [5.74, 6) is 0.282. The molecule has 2 N–H and O–H groups in total. The van der Waals surface area contributed by atoms with Crippen LogP contribution in [-0.2, 0) is 12.6 Å². The minimum absolute atomic E-state index is 0.202. The zero-order valence-corrected chi connectivity index (χ0v) is 13.5. The van der Waals surface area contributed by atoms with Crippen molar-refractivity contribution in [2.45, 2.75) is 19.4 Å². The van der Waals surface area contributed by atoms with Crippen LogP contribution in [0.3, 0.4) is 0 Å². The third kappa shape index (κ3) is 2.85. The van der Waals surface area contributed by atoms with Crippen LogP contribution >= 0.6 is 0 Å². The van der Waals surface area contributed by atoms with Gasteiger partial charge in [-0.2, -0.15) is 4.98 Å². The van der Waals surface area contributed by atoms with E-state index in [9.17, 15) is 9.59 Å². The second-order valence-electron chi connectivity index (χ2n) is 5.91. The van der Waals surface area contributed by atoms with Crippen LogP contribution in [0.5, 0.6) is 0 Å². The molecule has 3 rings (SSSR count). The number of nitrogens with zero attached hydrogens (tertiary/aromatic N) is 3. The van der Waals surface area contributed by atoms with E-state index in [0.29, 0.717) is 17.1 Å². The molecule has 0 aliphatic rings. The Balaban J connectivity index is 1.84. The van der Waals surface area contributed by atoms with E-state index in [4.69, 9.17) is 4.52 Å². The number of hydrogen-bond donors (Lipinski definition) is 2. The number of H-pyrrole nitrogens is 1. The van der Waals surface area contributed by atoms with Gasteiger partial charge in [0.05, 0.1) is 5.54 Å². The Morgan fingerprint density at radius 2 is 2.00 bits per heavy atom. The Morgan fingerprint density at radius 3 is 2.62 bits per heavy atom. The Kier molecular flexibility index (Phi) is 3.80. The van der Waals surface area contributed by atoms with Gasteiger partial charge >= 0.3 is 5.69 Å². The first-order valence-corrected chi connectivity index (χ1v) is 7.35. The van der Waals surface area contributed by atoms with Crippen LogP contribution in [0.25, 0.3) is 11.6 Å². The molecule has 0 atom stereocenters. The van der Waals surface area contributed by atoms with Gasteiger partial charge < -0.3 is 14.8 Å². The molecule has 8 heteroatoms. The smallest absolute Gasteiger partial charge is 0.325 e. The number of carbonyl (C=O) groups is 1. The van der Waals surface area contributed by atoms with Gasteiger partial charge in [-0.3, -0.25) is 9.36 Å². The molecule has 1 aromatic carbocycles. The number of carbonyl (C=O) groups excluding carboxylic acids is 1. The van der Waals surface area contributed by atoms with Crippen LogP contribution < -0.4 is 11.0 Å². The Bertz CT molecular complexity index is 921. The number of aromatic amines is 1. The quantitative estimate of drug-likeness (QED) is 0.754. The molecule has 8 nitrogen and oxygen atoms in total. The van der Waals surface area contributed by atoms with Crippen molar-refractivity contribution in [3.8, 4) is 11.6 Å². The number of nitrogens with one attached hydrogen (secondary N) is 2. The number of rotatable bonds is 4. The molecule has 0 radical (unpaired) electrons. The van der Waals surface area contributed by atoms with E-state index in [1.54, 1.807) is 45.2 Å². The summed E-state index contributed by atoms with van der Waals surface area (Å²) in [6.07, 6.45) is 1.50. The number of amides is 1. The fraction of sp³-hybridized carbons (Fsp3) is 0.250. The zero-order chi connectivity index (χ0) is 17.3. The SMILES string of the molecule is Cn1c(-c2nc(C(C)(C)NC(=O)c3ccccc3)no2)c[nH]c1=O. The van der Waals surface area contributed by atoms with Gasteiger partial charge in [0, 0.05) is 18.8 Å². The summed E-state index contributed by atoms with van der Waals surface area (Å²) in [5, 5.41) is 6.80. The molecule has 0 spiro atoms. The van der Waals surface area contributed by atoms with E-state index in [-0.39, 0.29) is 17.5 Å². The molecule has 1 amide bonds. The summed E-state index contributed by atoms with van der Waals surface area (Å²) in [7, 11) is 1.60. The van der Waals surface area contributed by atoms with Crippen molar-refractivity contribution in [3.63, 3.8) is 0 Å². The van der Waals surface area contributed by atoms with Gasteiger partial charge in [-0.15, -0.1) is 0 Å². The maximum atomic E-state index is 12.3. The van der Waals surface area contributed by atoms with E-state index in [0.717, 1.165) is 0 Å². The maximum Gasteiger partial charge on any atom is 0.325 e. The van der Waals surface area contributed by atoms with E-state index in [1.165, 1.54) is 10.8 Å². The highest BCUT2D eigenvalue weighted by atomic mass is 16.5. The fourth-order valence-corrected chi connectivity index (χ4v) is 2.22. The first-order chi connectivity index (χ1) is 11.4. The topological polar surface area (TPSA) is 106 Å². The highest BCUT2D eigenvalue weighted by Gasteiger charge is 2.29. The van der Waals surface area contributed by atoms with Crippen LogP contribution in [0.4, 0.5) is 0 Å². The summed E-state index contributed by atoms with van der Waals surface area (Å²) in [5.41, 5.74) is -0.100. The molecule has 2 heterocycles. The molecule has 0 fully saturated rings. The number of hydrogen-bond acceptors (Lipinski definition) is 5. The summed E-state index contributed by atoms with van der Waals surface area (Å²) in [6, 6.07) is 8.88. The van der Waals surface area contributed by atoms with Crippen molar-refractivity contribution in [2.24, 2.45) is 7.05 Å². The van der Waals surface area contributed by atoms with Gasteiger partial charge in [0.15, 0.2) is 5.82 Å². The molecule has 24 heavy (non-hydrogen) atoms. The van der Waals surface area contributed by atoms with E-state index < -0.39 is 5.54 Å². The monoisotopic (exact) mass is 327 g/mol. The molecule has 2 aromatic heterocycles. The Hall–Kier alpha value is -3.16. The third-order valence-corrected chi connectivity index (χ3v) is 3.66. The van der Waals surface area contributed by atoms with Crippen molar-refractivity contribution in [1.82, 2.24) is 25.0 Å². The minimum Gasteiger partial charge on any atom is -0.340 e. The Morgan fingerprint density at radius 1 is 1.29 bits per heavy atom. The molecule has 0 saturated heterocycles. The standard InChI is InChI=1S/C16H17N5O3/c1-16(2,19-12(22)10-7-5-4-6-8-10)14-18-13(24-20-14)11-9-17-15(23)21(11)3/h4-9H,1-3H3,(H,17,23)(H,19,22). The lowest BCUT2D eigenvalue weighted by Gasteiger charge is -2.22. The van der Waals surface area contributed by atoms with Crippen LogP contribution in [-0.4, -0.2) is 25.6 Å². The normalized spacial score (nSPS) is 11.5. The third-order valence-electron chi connectivity index (χ3n) is 3.66. The molecular weight excluding hydrogens is 310 g/mol. The lowest BCUT2D eigenvalue weighted by molar-refractivity contribution is 0.0907. The molecule has 124 valence electrons. The molecule has 0 aliphatic heterocycles. The molecule has 3 aromatic rings. The van der Waals surface area contributed by atoms with Gasteiger partial charge in [0.2, 0.25) is 0 Å². The van der Waals surface area contributed by atoms with Crippen molar-refractivity contribution in [1.29, 1.82) is 0 Å². The summed E-state index contributed by atoms with van der Waals surface area (Å²) in [4.78, 5) is 30.6. The van der Waals surface area contributed by atoms with Crippen LogP contribution in [0.15, 0.2) is 45.8 Å². The predicted octanol–water partition coefficient (Wildman–Crippen LogP) is 1.43. The zero-order valence-electron chi connectivity index (χ0n) is 13.5. The van der Waals surface area contributed by atoms with E-state index in [2.05, 4.69) is 20.4 Å². The number of aromatic nitrogens is 4. The van der Waals surface area contributed by atoms with Gasteiger partial charge in [-0.1, -0.05) is 23.4 Å². The van der Waals surface area contributed by atoms with E-state index >= 15 is 0 Å². The molecule has 0 saturated carbocycles. The number of imidazole rings is 1. The summed E-state index contributed by atoms with van der Waals surface area (Å²) >= 11 is 0. The van der Waals surface area contributed by atoms with Crippen molar-refractivity contribution >= 4 is 5.91 Å². The van der Waals surface area contributed by atoms with Crippen LogP contribution in [0.2, 0.25) is 0 Å². The van der Waals surface area contributed by atoms with Crippen LogP contribution in [0.1, 0.15) is 30.0 Å². The Labute approximate surface area is 137 Å². The maximum absolute atomic E-state index is 12.3. The van der Waals surface area contributed by atoms with Gasteiger partial charge in [0.1, 0.15) is 5.69 Å². The highest BCUT2D eigenvalue weighted by molar-refractivity contribution is 5.94. The highest BCUT2D eigenvalue weighted by Crippen LogP contribution is 2.21. The van der Waals surface area contributed by atoms with Gasteiger partial charge in [0.25, 0.3) is 11.8 Å². The van der Waals surface area contributed by atoms with E-state index in [1.807, 2.05) is 6.07 Å². The second kappa shape index (κ2) is 5.80. The van der Waals surface area contributed by atoms with Crippen molar-refractivity contribution in [3.05, 3.63) is 58.4 Å². The average molecular weight is 327 g/mol. The first-order valence-electron chi connectivity index (χ1n) is 7.35. The lowest BCUT2D eigenvalue weighted by Crippen LogP contribution is -2.41. The van der Waals surface area contributed by atoms with Crippen LogP contribution in [0, 0.1) is 0 Å². The minimum atomic E-state index is -0.843. The second-order valence-corrected chi connectivity index (χ2v) is 5.91. The first kappa shape index (κ1) is 15.7. The average Bonchev–Trinajstić information content (AvgIpc) is 3.16. The molecule has 0 aliphatic carbocycles. The molecular formula is C16H17N5O3. The summed E-state index contributed by atoms with van der Waals surface area (Å²) < 4.78 is 6.59. The van der Waals surface area contributed by atoms with Crippen molar-refractivity contribution < 1.29 is 9.32 Å². The summed E-state index contributed by atoms with van der Waals surface area (Å²) in [6.45, 7) is 3.55. The molecule has 0 bridgehead atoms. The molecule has 0 unspecified atom stereocenters. The largest absolute Gasteiger partial charge is 0.340 e. The van der Waals surface area contributed by atoms with Gasteiger partial charge in [-0.25, -0.2) is 4.79 Å². The lowest BCUT2D eigenvalue weighted by atomic mass is 10.0.